The van der Waals surface area contributed by atoms with Crippen molar-refractivity contribution in [2.24, 2.45) is 0 Å². The molecule has 21 heavy (non-hydrogen) atoms. The molecule has 0 amide bonds. The van der Waals surface area contributed by atoms with Crippen LogP contribution in [0, 0.1) is 5.82 Å². The van der Waals surface area contributed by atoms with Crippen LogP contribution < -0.4 is 0 Å². The molecular formula is C15H8Cl2FN3. The number of benzene rings is 2. The molecular weight excluding hydrogens is 312 g/mol. The zero-order valence-electron chi connectivity index (χ0n) is 10.6. The molecule has 1 aromatic heterocycles. The van der Waals surface area contributed by atoms with E-state index < -0.39 is 5.82 Å². The fraction of sp³-hybridized carbons (Fsp3) is 0. The lowest BCUT2D eigenvalue weighted by atomic mass is 10.2. The van der Waals surface area contributed by atoms with E-state index in [1.807, 2.05) is 6.07 Å². The van der Waals surface area contributed by atoms with Crippen LogP contribution in [0.3, 0.4) is 0 Å². The molecule has 0 aliphatic carbocycles. The quantitative estimate of drug-likeness (QED) is 0.690. The minimum absolute atomic E-state index is 0.245. The van der Waals surface area contributed by atoms with Gasteiger partial charge in [-0.1, -0.05) is 35.3 Å². The lowest BCUT2D eigenvalue weighted by Crippen LogP contribution is -1.96. The van der Waals surface area contributed by atoms with E-state index in [1.54, 1.807) is 24.3 Å². The van der Waals surface area contributed by atoms with Gasteiger partial charge in [0.05, 0.1) is 5.56 Å². The van der Waals surface area contributed by atoms with Crippen molar-refractivity contribution in [3.05, 3.63) is 64.7 Å². The third-order valence-corrected chi connectivity index (χ3v) is 3.30. The van der Waals surface area contributed by atoms with Gasteiger partial charge in [0.1, 0.15) is 12.1 Å². The lowest BCUT2D eigenvalue weighted by Gasteiger charge is -2.05. The van der Waals surface area contributed by atoms with E-state index in [-0.39, 0.29) is 11.4 Å². The lowest BCUT2D eigenvalue weighted by molar-refractivity contribution is 0.630. The van der Waals surface area contributed by atoms with E-state index in [0.717, 1.165) is 5.56 Å². The van der Waals surface area contributed by atoms with Gasteiger partial charge in [-0.25, -0.2) is 19.3 Å². The second-order valence-corrected chi connectivity index (χ2v) is 5.14. The van der Waals surface area contributed by atoms with Gasteiger partial charge in [0.15, 0.2) is 11.6 Å². The van der Waals surface area contributed by atoms with Crippen LogP contribution in [0.2, 0.25) is 10.0 Å². The average Bonchev–Trinajstić information content (AvgIpc) is 2.47. The van der Waals surface area contributed by atoms with Gasteiger partial charge in [0, 0.05) is 15.6 Å². The summed E-state index contributed by atoms with van der Waals surface area (Å²) >= 11 is 11.7. The van der Waals surface area contributed by atoms with Crippen molar-refractivity contribution in [2.45, 2.75) is 0 Å². The molecule has 2 aromatic carbocycles. The molecule has 0 spiro atoms. The van der Waals surface area contributed by atoms with Gasteiger partial charge in [-0.2, -0.15) is 0 Å². The van der Waals surface area contributed by atoms with Crippen LogP contribution in [0.4, 0.5) is 4.39 Å². The van der Waals surface area contributed by atoms with Crippen molar-refractivity contribution in [2.75, 3.05) is 0 Å². The monoisotopic (exact) mass is 319 g/mol. The van der Waals surface area contributed by atoms with Crippen LogP contribution in [0.15, 0.2) is 48.8 Å². The first-order chi connectivity index (χ1) is 10.1. The Labute approximate surface area is 130 Å². The number of rotatable bonds is 2. The fourth-order valence-electron chi connectivity index (χ4n) is 1.86. The number of nitrogens with zero attached hydrogens (tertiary/aromatic N) is 3. The molecule has 0 unspecified atom stereocenters. The van der Waals surface area contributed by atoms with Crippen LogP contribution in [0.1, 0.15) is 0 Å². The number of aromatic nitrogens is 3. The highest BCUT2D eigenvalue weighted by Gasteiger charge is 2.11. The Hall–Kier alpha value is -2.04. The van der Waals surface area contributed by atoms with Crippen molar-refractivity contribution < 1.29 is 4.39 Å². The average molecular weight is 320 g/mol. The summed E-state index contributed by atoms with van der Waals surface area (Å²) in [6.07, 6.45) is 1.34. The summed E-state index contributed by atoms with van der Waals surface area (Å²) in [4.78, 5) is 12.4. The zero-order valence-corrected chi connectivity index (χ0v) is 12.1. The molecule has 0 bridgehead atoms. The molecule has 0 saturated heterocycles. The van der Waals surface area contributed by atoms with Gasteiger partial charge in [0.25, 0.3) is 0 Å². The van der Waals surface area contributed by atoms with Crippen LogP contribution in [-0.4, -0.2) is 15.0 Å². The summed E-state index contributed by atoms with van der Waals surface area (Å²) in [5.74, 6) is 0.191. The minimum Gasteiger partial charge on any atom is -0.217 e. The topological polar surface area (TPSA) is 38.7 Å². The zero-order chi connectivity index (χ0) is 14.8. The van der Waals surface area contributed by atoms with Crippen LogP contribution >= 0.6 is 23.2 Å². The standard InChI is InChI=1S/C15H8Cl2FN3/c16-10-3-1-2-9(6-10)14-19-8-20-15(21-14)12-5-4-11(17)7-13(12)18/h1-8H. The van der Waals surface area contributed by atoms with Gasteiger partial charge in [-0.3, -0.25) is 0 Å². The number of halogens is 3. The van der Waals surface area contributed by atoms with Crippen LogP contribution in [0.5, 0.6) is 0 Å². The summed E-state index contributed by atoms with van der Waals surface area (Å²) in [5, 5.41) is 0.896. The second kappa shape index (κ2) is 5.76. The van der Waals surface area contributed by atoms with Gasteiger partial charge in [-0.05, 0) is 30.3 Å². The van der Waals surface area contributed by atoms with Gasteiger partial charge in [-0.15, -0.1) is 0 Å². The first kappa shape index (κ1) is 13.9. The molecule has 0 aliphatic heterocycles. The SMILES string of the molecule is Fc1cc(Cl)ccc1-c1ncnc(-c2cccc(Cl)c2)n1. The molecule has 0 radical (unpaired) electrons. The molecule has 0 atom stereocenters. The second-order valence-electron chi connectivity index (χ2n) is 4.27. The van der Waals surface area contributed by atoms with Crippen molar-refractivity contribution in [1.82, 2.24) is 15.0 Å². The van der Waals surface area contributed by atoms with Crippen molar-refractivity contribution in [1.29, 1.82) is 0 Å². The Morgan fingerprint density at radius 3 is 2.38 bits per heavy atom. The van der Waals surface area contributed by atoms with Crippen molar-refractivity contribution in [3.8, 4) is 22.8 Å². The molecule has 1 heterocycles. The van der Waals surface area contributed by atoms with Crippen molar-refractivity contribution >= 4 is 23.2 Å². The largest absolute Gasteiger partial charge is 0.217 e. The molecule has 3 nitrogen and oxygen atoms in total. The van der Waals surface area contributed by atoms with Crippen molar-refractivity contribution in [3.63, 3.8) is 0 Å². The maximum atomic E-state index is 13.9. The number of hydrogen-bond donors (Lipinski definition) is 0. The van der Waals surface area contributed by atoms with Crippen LogP contribution in [0.25, 0.3) is 22.8 Å². The Kier molecular flexibility index (Phi) is 3.82. The van der Waals surface area contributed by atoms with Gasteiger partial charge >= 0.3 is 0 Å². The maximum Gasteiger partial charge on any atom is 0.166 e. The normalized spacial score (nSPS) is 10.6. The van der Waals surface area contributed by atoms with E-state index in [0.29, 0.717) is 15.9 Å². The Morgan fingerprint density at radius 2 is 1.62 bits per heavy atom. The summed E-state index contributed by atoms with van der Waals surface area (Å²) < 4.78 is 13.9. The predicted molar refractivity (Wildman–Crippen MR) is 80.7 cm³/mol. The maximum absolute atomic E-state index is 13.9. The van der Waals surface area contributed by atoms with E-state index in [2.05, 4.69) is 15.0 Å². The molecule has 0 N–H and O–H groups in total. The summed E-state index contributed by atoms with van der Waals surface area (Å²) in [6, 6.07) is 11.5. The van der Waals surface area contributed by atoms with E-state index >= 15 is 0 Å². The number of hydrogen-bond acceptors (Lipinski definition) is 3. The summed E-state index contributed by atoms with van der Waals surface area (Å²) in [5.41, 5.74) is 1.01. The van der Waals surface area contributed by atoms with E-state index in [1.165, 1.54) is 18.5 Å². The highest BCUT2D eigenvalue weighted by atomic mass is 35.5. The molecule has 0 saturated carbocycles. The first-order valence-corrected chi connectivity index (χ1v) is 6.79. The van der Waals surface area contributed by atoms with E-state index in [4.69, 9.17) is 23.2 Å². The Bertz CT molecular complexity index is 808. The van der Waals surface area contributed by atoms with Gasteiger partial charge in [0.2, 0.25) is 0 Å². The molecule has 6 heteroatoms. The third-order valence-electron chi connectivity index (χ3n) is 2.83. The Balaban J connectivity index is 2.08. The van der Waals surface area contributed by atoms with Gasteiger partial charge < -0.3 is 0 Å². The molecule has 0 fully saturated rings. The Morgan fingerprint density at radius 1 is 0.857 bits per heavy atom. The highest BCUT2D eigenvalue weighted by Crippen LogP contribution is 2.24. The molecule has 104 valence electrons. The molecule has 0 aliphatic rings. The third kappa shape index (κ3) is 3.01. The predicted octanol–water partition coefficient (Wildman–Crippen LogP) is 4.65. The van der Waals surface area contributed by atoms with Crippen LogP contribution in [-0.2, 0) is 0 Å². The summed E-state index contributed by atoms with van der Waals surface area (Å²) in [6.45, 7) is 0. The molecule has 3 aromatic rings. The highest BCUT2D eigenvalue weighted by molar-refractivity contribution is 6.31. The minimum atomic E-state index is -0.481. The first-order valence-electron chi connectivity index (χ1n) is 6.04. The fourth-order valence-corrected chi connectivity index (χ4v) is 2.21. The molecule has 3 rings (SSSR count). The smallest absolute Gasteiger partial charge is 0.166 e. The van der Waals surface area contributed by atoms with E-state index in [9.17, 15) is 4.39 Å². The summed E-state index contributed by atoms with van der Waals surface area (Å²) in [7, 11) is 0.